The molecule has 0 saturated carbocycles. The van der Waals surface area contributed by atoms with Crippen molar-refractivity contribution >= 4 is 40.9 Å². The van der Waals surface area contributed by atoms with E-state index in [1.54, 1.807) is 11.0 Å². The fraction of sp³-hybridized carbons (Fsp3) is 0.588. The summed E-state index contributed by atoms with van der Waals surface area (Å²) in [5, 5.41) is 1.05. The molecule has 1 aromatic rings. The van der Waals surface area contributed by atoms with Gasteiger partial charge in [0.25, 0.3) is 0 Å². The third-order valence-electron chi connectivity index (χ3n) is 3.85. The summed E-state index contributed by atoms with van der Waals surface area (Å²) in [6.45, 7) is 5.29. The van der Waals surface area contributed by atoms with Crippen LogP contribution in [-0.4, -0.2) is 53.9 Å². The minimum absolute atomic E-state index is 0.105. The Labute approximate surface area is 154 Å². The fourth-order valence-corrected chi connectivity index (χ4v) is 3.23. The second-order valence-corrected chi connectivity index (χ2v) is 7.96. The SMILES string of the molecule is CCSCCC(C)N(C)CC(=O)N(C)Cc1ccc(Cl)c(Cl)c1. The first kappa shape index (κ1) is 20.6. The number of rotatable bonds is 9. The van der Waals surface area contributed by atoms with Crippen molar-refractivity contribution in [2.45, 2.75) is 32.9 Å². The summed E-state index contributed by atoms with van der Waals surface area (Å²) in [6, 6.07) is 5.86. The van der Waals surface area contributed by atoms with Crippen molar-refractivity contribution in [3.05, 3.63) is 33.8 Å². The first-order chi connectivity index (χ1) is 10.8. The highest BCUT2D eigenvalue weighted by atomic mass is 35.5. The van der Waals surface area contributed by atoms with Crippen LogP contribution in [0.25, 0.3) is 0 Å². The number of nitrogens with zero attached hydrogens (tertiary/aromatic N) is 2. The molecule has 0 saturated heterocycles. The van der Waals surface area contributed by atoms with Gasteiger partial charge in [-0.1, -0.05) is 36.2 Å². The van der Waals surface area contributed by atoms with Crippen molar-refractivity contribution in [3.8, 4) is 0 Å². The molecule has 0 fully saturated rings. The lowest BCUT2D eigenvalue weighted by Gasteiger charge is -2.26. The smallest absolute Gasteiger partial charge is 0.236 e. The van der Waals surface area contributed by atoms with Crippen molar-refractivity contribution in [1.82, 2.24) is 9.80 Å². The Kier molecular flexibility index (Phi) is 9.37. The van der Waals surface area contributed by atoms with E-state index in [4.69, 9.17) is 23.2 Å². The number of likely N-dealkylation sites (N-methyl/N-ethyl adjacent to an activating group) is 2. The van der Waals surface area contributed by atoms with Gasteiger partial charge in [-0.25, -0.2) is 0 Å². The zero-order valence-corrected chi connectivity index (χ0v) is 16.6. The highest BCUT2D eigenvalue weighted by Crippen LogP contribution is 2.23. The number of hydrogen-bond acceptors (Lipinski definition) is 3. The maximum Gasteiger partial charge on any atom is 0.236 e. The van der Waals surface area contributed by atoms with Crippen molar-refractivity contribution in [2.75, 3.05) is 32.1 Å². The van der Waals surface area contributed by atoms with Crippen LogP contribution in [0, 0.1) is 0 Å². The molecule has 1 unspecified atom stereocenters. The molecule has 0 spiro atoms. The number of amides is 1. The van der Waals surface area contributed by atoms with Gasteiger partial charge in [-0.05, 0) is 49.6 Å². The maximum absolute atomic E-state index is 12.4. The molecule has 0 aliphatic carbocycles. The Morgan fingerprint density at radius 1 is 1.26 bits per heavy atom. The van der Waals surface area contributed by atoms with Crippen LogP contribution in [0.1, 0.15) is 25.8 Å². The molecular formula is C17H26Cl2N2OS. The van der Waals surface area contributed by atoms with Crippen LogP contribution in [0.5, 0.6) is 0 Å². The quantitative estimate of drug-likeness (QED) is 0.596. The van der Waals surface area contributed by atoms with Gasteiger partial charge in [0.2, 0.25) is 5.91 Å². The normalized spacial score (nSPS) is 12.5. The molecule has 130 valence electrons. The first-order valence-corrected chi connectivity index (χ1v) is 9.72. The van der Waals surface area contributed by atoms with Gasteiger partial charge in [-0.15, -0.1) is 0 Å². The fourth-order valence-electron chi connectivity index (χ4n) is 2.11. The number of halogens is 2. The Bertz CT molecular complexity index is 513. The molecule has 1 amide bonds. The lowest BCUT2D eigenvalue weighted by Crippen LogP contribution is -2.40. The molecule has 0 aliphatic rings. The molecular weight excluding hydrogens is 351 g/mol. The summed E-state index contributed by atoms with van der Waals surface area (Å²) < 4.78 is 0. The van der Waals surface area contributed by atoms with Crippen LogP contribution < -0.4 is 0 Å². The van der Waals surface area contributed by atoms with Crippen LogP contribution in [0.15, 0.2) is 18.2 Å². The zero-order valence-electron chi connectivity index (χ0n) is 14.3. The number of benzene rings is 1. The van der Waals surface area contributed by atoms with Crippen LogP contribution in [0.3, 0.4) is 0 Å². The average Bonchev–Trinajstić information content (AvgIpc) is 2.50. The van der Waals surface area contributed by atoms with Crippen LogP contribution >= 0.6 is 35.0 Å². The van der Waals surface area contributed by atoms with E-state index < -0.39 is 0 Å². The van der Waals surface area contributed by atoms with E-state index in [-0.39, 0.29) is 5.91 Å². The summed E-state index contributed by atoms with van der Waals surface area (Å²) in [6.07, 6.45) is 1.10. The largest absolute Gasteiger partial charge is 0.340 e. The number of hydrogen-bond donors (Lipinski definition) is 0. The minimum Gasteiger partial charge on any atom is -0.340 e. The monoisotopic (exact) mass is 376 g/mol. The predicted octanol–water partition coefficient (Wildman–Crippen LogP) is 4.42. The summed E-state index contributed by atoms with van der Waals surface area (Å²) in [4.78, 5) is 16.2. The summed E-state index contributed by atoms with van der Waals surface area (Å²) in [5.74, 6) is 2.38. The van der Waals surface area contributed by atoms with Crippen LogP contribution in [-0.2, 0) is 11.3 Å². The zero-order chi connectivity index (χ0) is 17.4. The van der Waals surface area contributed by atoms with Crippen molar-refractivity contribution in [1.29, 1.82) is 0 Å². The van der Waals surface area contributed by atoms with Crippen molar-refractivity contribution < 1.29 is 4.79 Å². The first-order valence-electron chi connectivity index (χ1n) is 7.81. The molecule has 0 N–H and O–H groups in total. The van der Waals surface area contributed by atoms with Gasteiger partial charge in [0.1, 0.15) is 0 Å². The van der Waals surface area contributed by atoms with Crippen molar-refractivity contribution in [2.24, 2.45) is 0 Å². The van der Waals surface area contributed by atoms with E-state index in [1.165, 1.54) is 0 Å². The second kappa shape index (κ2) is 10.4. The van der Waals surface area contributed by atoms with Crippen LogP contribution in [0.2, 0.25) is 10.0 Å². The molecule has 0 aliphatic heterocycles. The number of thioether (sulfide) groups is 1. The summed E-state index contributed by atoms with van der Waals surface area (Å²) in [5.41, 5.74) is 0.977. The standard InChI is InChI=1S/C17H26Cl2N2OS/c1-5-23-9-8-13(2)20(3)12-17(22)21(4)11-14-6-7-15(18)16(19)10-14/h6-7,10,13H,5,8-9,11-12H2,1-4H3. The van der Waals surface area contributed by atoms with Gasteiger partial charge in [0, 0.05) is 19.6 Å². The molecule has 0 aromatic heterocycles. The molecule has 23 heavy (non-hydrogen) atoms. The summed E-state index contributed by atoms with van der Waals surface area (Å²) >= 11 is 13.9. The van der Waals surface area contributed by atoms with Gasteiger partial charge < -0.3 is 4.90 Å². The van der Waals surface area contributed by atoms with E-state index in [0.717, 1.165) is 23.5 Å². The highest BCUT2D eigenvalue weighted by molar-refractivity contribution is 7.99. The molecule has 1 rings (SSSR count). The van der Waals surface area contributed by atoms with E-state index in [0.29, 0.717) is 29.2 Å². The molecule has 6 heteroatoms. The Balaban J connectivity index is 2.47. The number of carbonyl (C=O) groups is 1. The molecule has 0 heterocycles. The Morgan fingerprint density at radius 2 is 1.96 bits per heavy atom. The number of carbonyl (C=O) groups excluding carboxylic acids is 1. The van der Waals surface area contributed by atoms with Gasteiger partial charge in [-0.3, -0.25) is 9.69 Å². The highest BCUT2D eigenvalue weighted by Gasteiger charge is 2.16. The van der Waals surface area contributed by atoms with E-state index in [9.17, 15) is 4.79 Å². The molecule has 3 nitrogen and oxygen atoms in total. The molecule has 1 aromatic carbocycles. The molecule has 0 bridgehead atoms. The predicted molar refractivity (Wildman–Crippen MR) is 103 cm³/mol. The van der Waals surface area contributed by atoms with E-state index in [1.807, 2.05) is 38.0 Å². The van der Waals surface area contributed by atoms with Gasteiger partial charge in [0.05, 0.1) is 16.6 Å². The average molecular weight is 377 g/mol. The molecule has 1 atom stereocenters. The van der Waals surface area contributed by atoms with Gasteiger partial charge in [-0.2, -0.15) is 11.8 Å². The van der Waals surface area contributed by atoms with Gasteiger partial charge >= 0.3 is 0 Å². The third kappa shape index (κ3) is 7.34. The lowest BCUT2D eigenvalue weighted by atomic mass is 10.2. The topological polar surface area (TPSA) is 23.6 Å². The maximum atomic E-state index is 12.4. The molecule has 0 radical (unpaired) electrons. The Hall–Kier alpha value is -0.420. The van der Waals surface area contributed by atoms with E-state index >= 15 is 0 Å². The lowest BCUT2D eigenvalue weighted by molar-refractivity contribution is -0.131. The van der Waals surface area contributed by atoms with E-state index in [2.05, 4.69) is 18.7 Å². The third-order valence-corrected chi connectivity index (χ3v) is 5.52. The summed E-state index contributed by atoms with van der Waals surface area (Å²) in [7, 11) is 3.82. The Morgan fingerprint density at radius 3 is 2.57 bits per heavy atom. The van der Waals surface area contributed by atoms with Gasteiger partial charge in [0.15, 0.2) is 0 Å². The second-order valence-electron chi connectivity index (χ2n) is 5.75. The van der Waals surface area contributed by atoms with Crippen molar-refractivity contribution in [3.63, 3.8) is 0 Å². The van der Waals surface area contributed by atoms with Crippen LogP contribution in [0.4, 0.5) is 0 Å². The minimum atomic E-state index is 0.105.